The van der Waals surface area contributed by atoms with E-state index >= 15 is 0 Å². The number of nitrogens with one attached hydrogen (secondary N) is 1. The molecular weight excluding hydrogens is 346 g/mol. The maximum Gasteiger partial charge on any atom is 0.348 e. The molecule has 0 atom stereocenters. The van der Waals surface area contributed by atoms with E-state index in [9.17, 15) is 9.59 Å². The maximum atomic E-state index is 12.0. The van der Waals surface area contributed by atoms with E-state index in [1.54, 1.807) is 18.2 Å². The minimum atomic E-state index is -0.529. The van der Waals surface area contributed by atoms with Gasteiger partial charge in [0.1, 0.15) is 4.88 Å². The van der Waals surface area contributed by atoms with E-state index in [1.807, 2.05) is 13.0 Å². The van der Waals surface area contributed by atoms with Crippen molar-refractivity contribution in [3.05, 3.63) is 34.0 Å². The number of aryl methyl sites for hydroxylation is 1. The molecule has 1 aromatic heterocycles. The van der Waals surface area contributed by atoms with E-state index in [2.05, 4.69) is 5.32 Å². The Morgan fingerprint density at radius 3 is 2.16 bits per heavy atom. The largest absolute Gasteiger partial charge is 0.493 e. The molecular formula is C17H19NO6S. The Kier molecular flexibility index (Phi) is 6.24. The number of anilines is 1. The van der Waals surface area contributed by atoms with E-state index < -0.39 is 18.5 Å². The molecule has 0 aliphatic rings. The van der Waals surface area contributed by atoms with Gasteiger partial charge < -0.3 is 24.3 Å². The van der Waals surface area contributed by atoms with Gasteiger partial charge in [-0.15, -0.1) is 11.3 Å². The van der Waals surface area contributed by atoms with Gasteiger partial charge in [-0.1, -0.05) is 0 Å². The molecule has 134 valence electrons. The van der Waals surface area contributed by atoms with Gasteiger partial charge in [-0.3, -0.25) is 4.79 Å². The Bertz CT molecular complexity index is 745. The average Bonchev–Trinajstić information content (AvgIpc) is 3.05. The lowest BCUT2D eigenvalue weighted by molar-refractivity contribution is -0.119. The molecule has 2 rings (SSSR count). The fourth-order valence-corrected chi connectivity index (χ4v) is 2.86. The van der Waals surface area contributed by atoms with Crippen molar-refractivity contribution < 1.29 is 28.5 Å². The van der Waals surface area contributed by atoms with Gasteiger partial charge in [0.15, 0.2) is 18.1 Å². The average molecular weight is 365 g/mol. The number of benzene rings is 1. The standard InChI is InChI=1S/C17H19NO6S/c1-10-5-6-14(25-10)17(20)24-9-15(19)18-11-7-12(21-2)16(23-4)13(8-11)22-3/h5-8H,9H2,1-4H3,(H,18,19). The highest BCUT2D eigenvalue weighted by molar-refractivity contribution is 7.13. The second kappa shape index (κ2) is 8.39. The number of esters is 1. The summed E-state index contributed by atoms with van der Waals surface area (Å²) in [4.78, 5) is 25.3. The van der Waals surface area contributed by atoms with Crippen molar-refractivity contribution in [1.29, 1.82) is 0 Å². The van der Waals surface area contributed by atoms with Crippen LogP contribution in [0.1, 0.15) is 14.5 Å². The summed E-state index contributed by atoms with van der Waals surface area (Å²) in [5, 5.41) is 2.63. The molecule has 25 heavy (non-hydrogen) atoms. The van der Waals surface area contributed by atoms with Gasteiger partial charge >= 0.3 is 5.97 Å². The number of ether oxygens (including phenoxy) is 4. The fraction of sp³-hybridized carbons (Fsp3) is 0.294. The summed E-state index contributed by atoms with van der Waals surface area (Å²) in [6.07, 6.45) is 0. The SMILES string of the molecule is COc1cc(NC(=O)COC(=O)c2ccc(C)s2)cc(OC)c1OC. The lowest BCUT2D eigenvalue weighted by atomic mass is 10.2. The molecule has 7 nitrogen and oxygen atoms in total. The highest BCUT2D eigenvalue weighted by Crippen LogP contribution is 2.39. The summed E-state index contributed by atoms with van der Waals surface area (Å²) >= 11 is 1.31. The van der Waals surface area contributed by atoms with Gasteiger partial charge in [0.25, 0.3) is 5.91 Å². The Labute approximate surface area is 149 Å². The van der Waals surface area contributed by atoms with Crippen molar-refractivity contribution in [3.63, 3.8) is 0 Å². The van der Waals surface area contributed by atoms with E-state index in [0.29, 0.717) is 27.8 Å². The third-order valence-corrected chi connectivity index (χ3v) is 4.21. The number of methoxy groups -OCH3 is 3. The first-order valence-corrected chi connectivity index (χ1v) is 8.13. The first-order chi connectivity index (χ1) is 12.0. The third-order valence-electron chi connectivity index (χ3n) is 3.22. The van der Waals surface area contributed by atoms with Crippen LogP contribution in [0.4, 0.5) is 5.69 Å². The Balaban J connectivity index is 2.01. The number of hydrogen-bond donors (Lipinski definition) is 1. The molecule has 0 spiro atoms. The van der Waals surface area contributed by atoms with Gasteiger partial charge in [0.05, 0.1) is 21.3 Å². The topological polar surface area (TPSA) is 83.1 Å². The van der Waals surface area contributed by atoms with Crippen LogP contribution >= 0.6 is 11.3 Å². The highest BCUT2D eigenvalue weighted by atomic mass is 32.1. The van der Waals surface area contributed by atoms with Crippen molar-refractivity contribution in [3.8, 4) is 17.2 Å². The van der Waals surface area contributed by atoms with E-state index in [0.717, 1.165) is 4.88 Å². The number of carbonyl (C=O) groups is 2. The summed E-state index contributed by atoms with van der Waals surface area (Å²) < 4.78 is 20.7. The number of rotatable bonds is 7. The highest BCUT2D eigenvalue weighted by Gasteiger charge is 2.16. The van der Waals surface area contributed by atoms with Crippen LogP contribution in [-0.4, -0.2) is 39.8 Å². The molecule has 0 saturated heterocycles. The van der Waals surface area contributed by atoms with Gasteiger partial charge in [-0.05, 0) is 19.1 Å². The van der Waals surface area contributed by atoms with Crippen LogP contribution in [0.25, 0.3) is 0 Å². The van der Waals surface area contributed by atoms with E-state index in [4.69, 9.17) is 18.9 Å². The van der Waals surface area contributed by atoms with Crippen LogP contribution in [0.2, 0.25) is 0 Å². The molecule has 0 radical (unpaired) electrons. The van der Waals surface area contributed by atoms with E-state index in [1.165, 1.54) is 32.7 Å². The second-order valence-electron chi connectivity index (χ2n) is 4.95. The van der Waals surface area contributed by atoms with Crippen molar-refractivity contribution in [2.24, 2.45) is 0 Å². The minimum Gasteiger partial charge on any atom is -0.493 e. The maximum absolute atomic E-state index is 12.0. The number of thiophene rings is 1. The first-order valence-electron chi connectivity index (χ1n) is 7.32. The van der Waals surface area contributed by atoms with Gasteiger partial charge in [0.2, 0.25) is 5.75 Å². The zero-order chi connectivity index (χ0) is 18.4. The fourth-order valence-electron chi connectivity index (χ4n) is 2.10. The Morgan fingerprint density at radius 2 is 1.68 bits per heavy atom. The van der Waals surface area contributed by atoms with Crippen LogP contribution in [-0.2, 0) is 9.53 Å². The molecule has 0 aliphatic carbocycles. The van der Waals surface area contributed by atoms with Crippen molar-refractivity contribution in [1.82, 2.24) is 0 Å². The lowest BCUT2D eigenvalue weighted by Crippen LogP contribution is -2.20. The Hall–Kier alpha value is -2.74. The zero-order valence-electron chi connectivity index (χ0n) is 14.4. The zero-order valence-corrected chi connectivity index (χ0v) is 15.2. The molecule has 8 heteroatoms. The van der Waals surface area contributed by atoms with Crippen molar-refractivity contribution in [2.45, 2.75) is 6.92 Å². The summed E-state index contributed by atoms with van der Waals surface area (Å²) in [5.74, 6) is 0.225. The van der Waals surface area contributed by atoms with Gasteiger partial charge in [0, 0.05) is 22.7 Å². The third kappa shape index (κ3) is 4.63. The molecule has 1 amide bonds. The summed E-state index contributed by atoms with van der Waals surface area (Å²) in [6.45, 7) is 1.49. The van der Waals surface area contributed by atoms with Crippen molar-refractivity contribution in [2.75, 3.05) is 33.3 Å². The molecule has 1 aromatic carbocycles. The first kappa shape index (κ1) is 18.6. The quantitative estimate of drug-likeness (QED) is 0.760. The summed E-state index contributed by atoms with van der Waals surface area (Å²) in [7, 11) is 4.45. The lowest BCUT2D eigenvalue weighted by Gasteiger charge is -2.14. The molecule has 0 fully saturated rings. The molecule has 0 aliphatic heterocycles. The van der Waals surface area contributed by atoms with Gasteiger partial charge in [-0.25, -0.2) is 4.79 Å². The molecule has 2 aromatic rings. The second-order valence-corrected chi connectivity index (χ2v) is 6.24. The molecule has 0 saturated carbocycles. The predicted molar refractivity (Wildman–Crippen MR) is 94.1 cm³/mol. The number of amides is 1. The predicted octanol–water partition coefficient (Wildman–Crippen LogP) is 2.88. The number of hydrogen-bond acceptors (Lipinski definition) is 7. The normalized spacial score (nSPS) is 10.1. The smallest absolute Gasteiger partial charge is 0.348 e. The van der Waals surface area contributed by atoms with Crippen LogP contribution in [0.3, 0.4) is 0 Å². The summed E-state index contributed by atoms with van der Waals surface area (Å²) in [5.41, 5.74) is 0.433. The minimum absolute atomic E-state index is 0.396. The van der Waals surface area contributed by atoms with Crippen molar-refractivity contribution >= 4 is 28.9 Å². The van der Waals surface area contributed by atoms with E-state index in [-0.39, 0.29) is 0 Å². The molecule has 0 bridgehead atoms. The molecule has 1 N–H and O–H groups in total. The number of carbonyl (C=O) groups excluding carboxylic acids is 2. The summed E-state index contributed by atoms with van der Waals surface area (Å²) in [6, 6.07) is 6.66. The van der Waals surface area contributed by atoms with Crippen LogP contribution < -0.4 is 19.5 Å². The molecule has 1 heterocycles. The monoisotopic (exact) mass is 365 g/mol. The van der Waals surface area contributed by atoms with Crippen LogP contribution in [0.15, 0.2) is 24.3 Å². The van der Waals surface area contributed by atoms with Crippen LogP contribution in [0, 0.1) is 6.92 Å². The molecule has 0 unspecified atom stereocenters. The van der Waals surface area contributed by atoms with Crippen LogP contribution in [0.5, 0.6) is 17.2 Å². The van der Waals surface area contributed by atoms with Gasteiger partial charge in [-0.2, -0.15) is 0 Å². The Morgan fingerprint density at radius 1 is 1.04 bits per heavy atom.